The Balaban J connectivity index is 2.30. The van der Waals surface area contributed by atoms with Gasteiger partial charge in [-0.25, -0.2) is 4.98 Å². The van der Waals surface area contributed by atoms with Gasteiger partial charge in [0.05, 0.1) is 12.9 Å². The van der Waals surface area contributed by atoms with Gasteiger partial charge in [0, 0.05) is 6.42 Å². The maximum atomic E-state index is 11.8. The molecule has 0 saturated carbocycles. The standard InChI is InChI=1S/C9H8ClIN4O2/c1-2-6-13-5(14-17-6)3-15-4-12-8(10)7(11)9(15)16/h4H,2-3H2,1H3. The molecular formula is C9H8ClIN4O2. The van der Waals surface area contributed by atoms with E-state index in [2.05, 4.69) is 15.1 Å². The fourth-order valence-electron chi connectivity index (χ4n) is 1.21. The number of nitrogens with zero attached hydrogens (tertiary/aromatic N) is 4. The topological polar surface area (TPSA) is 73.8 Å². The average molecular weight is 367 g/mol. The number of aryl methyl sites for hydroxylation is 1. The van der Waals surface area contributed by atoms with Crippen LogP contribution in [-0.2, 0) is 13.0 Å². The predicted molar refractivity (Wildman–Crippen MR) is 69.0 cm³/mol. The van der Waals surface area contributed by atoms with Crippen molar-refractivity contribution in [1.82, 2.24) is 19.7 Å². The number of rotatable bonds is 3. The quantitative estimate of drug-likeness (QED) is 0.608. The van der Waals surface area contributed by atoms with Crippen LogP contribution in [0.1, 0.15) is 18.6 Å². The van der Waals surface area contributed by atoms with Crippen LogP contribution in [0.25, 0.3) is 0 Å². The summed E-state index contributed by atoms with van der Waals surface area (Å²) < 4.78 is 6.72. The van der Waals surface area contributed by atoms with Crippen molar-refractivity contribution in [1.29, 1.82) is 0 Å². The molecule has 0 spiro atoms. The molecule has 2 aromatic heterocycles. The zero-order valence-corrected chi connectivity index (χ0v) is 11.8. The second-order valence-electron chi connectivity index (χ2n) is 3.24. The Morgan fingerprint density at radius 3 is 3.00 bits per heavy atom. The highest BCUT2D eigenvalue weighted by Crippen LogP contribution is 2.09. The van der Waals surface area contributed by atoms with Crippen molar-refractivity contribution in [3.63, 3.8) is 0 Å². The van der Waals surface area contributed by atoms with Gasteiger partial charge in [-0.15, -0.1) is 0 Å². The Morgan fingerprint density at radius 2 is 2.35 bits per heavy atom. The predicted octanol–water partition coefficient (Wildman–Crippen LogP) is 1.50. The summed E-state index contributed by atoms with van der Waals surface area (Å²) in [5, 5.41) is 3.97. The molecule has 0 amide bonds. The lowest BCUT2D eigenvalue weighted by atomic mass is 10.5. The molecular weight excluding hydrogens is 358 g/mol. The van der Waals surface area contributed by atoms with E-state index in [4.69, 9.17) is 16.1 Å². The highest BCUT2D eigenvalue weighted by Gasteiger charge is 2.10. The Kier molecular flexibility index (Phi) is 3.77. The first-order valence-corrected chi connectivity index (χ1v) is 6.29. The molecule has 2 rings (SSSR count). The molecule has 0 bridgehead atoms. The zero-order valence-electron chi connectivity index (χ0n) is 8.85. The van der Waals surface area contributed by atoms with Gasteiger partial charge in [-0.3, -0.25) is 9.36 Å². The fraction of sp³-hybridized carbons (Fsp3) is 0.333. The van der Waals surface area contributed by atoms with Crippen molar-refractivity contribution < 1.29 is 4.52 Å². The van der Waals surface area contributed by atoms with E-state index in [1.165, 1.54) is 10.9 Å². The minimum Gasteiger partial charge on any atom is -0.339 e. The number of hydrogen-bond donors (Lipinski definition) is 0. The summed E-state index contributed by atoms with van der Waals surface area (Å²) in [6.45, 7) is 2.14. The third kappa shape index (κ3) is 2.65. The maximum Gasteiger partial charge on any atom is 0.268 e. The van der Waals surface area contributed by atoms with Crippen molar-refractivity contribution >= 4 is 34.2 Å². The van der Waals surface area contributed by atoms with E-state index >= 15 is 0 Å². The first-order valence-electron chi connectivity index (χ1n) is 4.83. The lowest BCUT2D eigenvalue weighted by Gasteiger charge is -2.02. The van der Waals surface area contributed by atoms with Gasteiger partial charge in [-0.05, 0) is 22.6 Å². The van der Waals surface area contributed by atoms with Crippen LogP contribution in [-0.4, -0.2) is 19.7 Å². The summed E-state index contributed by atoms with van der Waals surface area (Å²) >= 11 is 7.59. The Bertz CT molecular complexity index is 595. The van der Waals surface area contributed by atoms with Crippen molar-refractivity contribution in [2.45, 2.75) is 19.9 Å². The van der Waals surface area contributed by atoms with Crippen LogP contribution in [0.2, 0.25) is 5.15 Å². The summed E-state index contributed by atoms with van der Waals surface area (Å²) in [5.41, 5.74) is -0.214. The molecule has 0 N–H and O–H groups in total. The smallest absolute Gasteiger partial charge is 0.268 e. The molecule has 0 radical (unpaired) electrons. The molecule has 0 atom stereocenters. The molecule has 17 heavy (non-hydrogen) atoms. The normalized spacial score (nSPS) is 10.8. The monoisotopic (exact) mass is 366 g/mol. The van der Waals surface area contributed by atoms with Crippen LogP contribution in [0.15, 0.2) is 15.6 Å². The van der Waals surface area contributed by atoms with Gasteiger partial charge in [-0.2, -0.15) is 4.98 Å². The minimum absolute atomic E-state index is 0.203. The molecule has 0 aliphatic rings. The fourth-order valence-corrected chi connectivity index (χ4v) is 1.78. The Hall–Kier alpha value is -0.960. The molecule has 90 valence electrons. The van der Waals surface area contributed by atoms with Crippen molar-refractivity contribution in [2.24, 2.45) is 0 Å². The van der Waals surface area contributed by atoms with Crippen LogP contribution in [0, 0.1) is 3.57 Å². The highest BCUT2D eigenvalue weighted by molar-refractivity contribution is 14.1. The van der Waals surface area contributed by atoms with E-state index in [0.29, 0.717) is 21.7 Å². The van der Waals surface area contributed by atoms with Gasteiger partial charge in [0.2, 0.25) is 5.89 Å². The minimum atomic E-state index is -0.214. The maximum absolute atomic E-state index is 11.8. The molecule has 0 unspecified atom stereocenters. The number of hydrogen-bond acceptors (Lipinski definition) is 5. The summed E-state index contributed by atoms with van der Waals surface area (Å²) in [6, 6.07) is 0. The van der Waals surface area contributed by atoms with Gasteiger partial charge < -0.3 is 4.52 Å². The molecule has 0 aliphatic heterocycles. The lowest BCUT2D eigenvalue weighted by Crippen LogP contribution is -2.24. The van der Waals surface area contributed by atoms with E-state index in [-0.39, 0.29) is 17.3 Å². The molecule has 8 heteroatoms. The second kappa shape index (κ2) is 5.13. The Morgan fingerprint density at radius 1 is 1.59 bits per heavy atom. The van der Waals surface area contributed by atoms with E-state index < -0.39 is 0 Å². The second-order valence-corrected chi connectivity index (χ2v) is 4.68. The summed E-state index contributed by atoms with van der Waals surface area (Å²) in [6.07, 6.45) is 2.03. The van der Waals surface area contributed by atoms with Crippen molar-refractivity contribution in [3.8, 4) is 0 Å². The largest absolute Gasteiger partial charge is 0.339 e. The summed E-state index contributed by atoms with van der Waals surface area (Å²) in [7, 11) is 0. The Labute approximate surface area is 115 Å². The zero-order chi connectivity index (χ0) is 12.4. The van der Waals surface area contributed by atoms with Crippen LogP contribution < -0.4 is 5.56 Å². The van der Waals surface area contributed by atoms with Crippen LogP contribution in [0.5, 0.6) is 0 Å². The van der Waals surface area contributed by atoms with E-state index in [0.717, 1.165) is 0 Å². The molecule has 0 saturated heterocycles. The average Bonchev–Trinajstić information content (AvgIpc) is 2.78. The van der Waals surface area contributed by atoms with Crippen molar-refractivity contribution in [3.05, 3.63) is 37.1 Å². The van der Waals surface area contributed by atoms with E-state index in [1.807, 2.05) is 29.5 Å². The molecule has 2 heterocycles. The third-order valence-electron chi connectivity index (χ3n) is 2.06. The first-order chi connectivity index (χ1) is 8.11. The van der Waals surface area contributed by atoms with E-state index in [9.17, 15) is 4.79 Å². The van der Waals surface area contributed by atoms with Gasteiger partial charge in [0.25, 0.3) is 5.56 Å². The molecule has 0 aromatic carbocycles. The van der Waals surface area contributed by atoms with Crippen LogP contribution >= 0.6 is 34.2 Å². The number of halogens is 2. The summed E-state index contributed by atoms with van der Waals surface area (Å²) in [5.74, 6) is 0.994. The van der Waals surface area contributed by atoms with E-state index in [1.54, 1.807) is 0 Å². The van der Waals surface area contributed by atoms with Gasteiger partial charge >= 0.3 is 0 Å². The molecule has 0 fully saturated rings. The third-order valence-corrected chi connectivity index (χ3v) is 3.64. The lowest BCUT2D eigenvalue weighted by molar-refractivity contribution is 0.375. The first kappa shape index (κ1) is 12.5. The molecule has 2 aromatic rings. The SMILES string of the molecule is CCc1nc(Cn2cnc(Cl)c(I)c2=O)no1. The van der Waals surface area contributed by atoms with Gasteiger partial charge in [-0.1, -0.05) is 23.7 Å². The highest BCUT2D eigenvalue weighted by atomic mass is 127. The van der Waals surface area contributed by atoms with Crippen LogP contribution in [0.4, 0.5) is 0 Å². The van der Waals surface area contributed by atoms with Gasteiger partial charge in [0.15, 0.2) is 5.82 Å². The van der Waals surface area contributed by atoms with Gasteiger partial charge in [0.1, 0.15) is 8.72 Å². The molecule has 0 aliphatic carbocycles. The van der Waals surface area contributed by atoms with Crippen molar-refractivity contribution in [2.75, 3.05) is 0 Å². The van der Waals surface area contributed by atoms with Crippen LogP contribution in [0.3, 0.4) is 0 Å². The molecule has 6 nitrogen and oxygen atoms in total. The summed E-state index contributed by atoms with van der Waals surface area (Å²) in [4.78, 5) is 19.8. The number of aromatic nitrogens is 4.